The molecule has 4 rings (SSSR count). The van der Waals surface area contributed by atoms with Gasteiger partial charge in [0.05, 0.1) is 22.8 Å². The Morgan fingerprint density at radius 2 is 1.88 bits per heavy atom. The first kappa shape index (κ1) is 24.2. The maximum atomic E-state index is 14.6. The van der Waals surface area contributed by atoms with E-state index in [1.54, 1.807) is 13.2 Å². The Morgan fingerprint density at radius 3 is 2.59 bits per heavy atom. The molecule has 0 unspecified atom stereocenters. The monoisotopic (exact) mass is 520 g/mol. The number of aliphatic hydroxyl groups excluding tert-OH is 1. The summed E-state index contributed by atoms with van der Waals surface area (Å²) >= 11 is 12.1. The highest BCUT2D eigenvalue weighted by molar-refractivity contribution is 7.92. The number of aryl methyl sites for hydroxylation is 1. The van der Waals surface area contributed by atoms with Gasteiger partial charge in [-0.3, -0.25) is 9.71 Å². The van der Waals surface area contributed by atoms with Gasteiger partial charge >= 0.3 is 0 Å². The summed E-state index contributed by atoms with van der Waals surface area (Å²) in [5, 5.41) is 13.0. The van der Waals surface area contributed by atoms with Crippen molar-refractivity contribution >= 4 is 55.6 Å². The summed E-state index contributed by atoms with van der Waals surface area (Å²) in [4.78, 5) is 8.53. The smallest absolute Gasteiger partial charge is 0.263 e. The Labute approximate surface area is 205 Å². The van der Waals surface area contributed by atoms with E-state index in [9.17, 15) is 17.9 Å². The van der Waals surface area contributed by atoms with Crippen LogP contribution < -0.4 is 10.0 Å². The molecule has 0 radical (unpaired) electrons. The molecule has 0 amide bonds. The minimum atomic E-state index is -4.32. The fourth-order valence-corrected chi connectivity index (χ4v) is 5.48. The molecule has 0 aliphatic rings. The van der Waals surface area contributed by atoms with E-state index in [2.05, 4.69) is 20.0 Å². The molecule has 0 saturated carbocycles. The van der Waals surface area contributed by atoms with Crippen molar-refractivity contribution in [1.82, 2.24) is 9.97 Å². The maximum Gasteiger partial charge on any atom is 0.263 e. The van der Waals surface area contributed by atoms with E-state index in [0.717, 1.165) is 23.0 Å². The minimum Gasteiger partial charge on any atom is -0.392 e. The van der Waals surface area contributed by atoms with Crippen LogP contribution >= 0.6 is 23.2 Å². The van der Waals surface area contributed by atoms with Gasteiger partial charge in [0.25, 0.3) is 10.0 Å². The van der Waals surface area contributed by atoms with Gasteiger partial charge in [-0.05, 0) is 48.4 Å². The third kappa shape index (κ3) is 4.65. The van der Waals surface area contributed by atoms with E-state index in [0.29, 0.717) is 22.6 Å². The van der Waals surface area contributed by atoms with Gasteiger partial charge in [0.1, 0.15) is 16.5 Å². The normalized spacial score (nSPS) is 11.6. The molecule has 2 aromatic heterocycles. The number of aliphatic hydroxyl groups is 1. The van der Waals surface area contributed by atoms with E-state index < -0.39 is 22.4 Å². The fraction of sp³-hybridized carbons (Fsp3) is 0.130. The van der Waals surface area contributed by atoms with Gasteiger partial charge in [-0.1, -0.05) is 29.3 Å². The van der Waals surface area contributed by atoms with Gasteiger partial charge in [0.15, 0.2) is 0 Å². The van der Waals surface area contributed by atoms with Crippen molar-refractivity contribution in [3.8, 4) is 11.1 Å². The van der Waals surface area contributed by atoms with E-state index in [1.807, 2.05) is 19.1 Å². The van der Waals surface area contributed by atoms with Gasteiger partial charge in [-0.25, -0.2) is 17.8 Å². The largest absolute Gasteiger partial charge is 0.392 e. The lowest BCUT2D eigenvalue weighted by Gasteiger charge is -2.14. The second-order valence-corrected chi connectivity index (χ2v) is 9.93. The summed E-state index contributed by atoms with van der Waals surface area (Å²) in [5.41, 5.74) is 2.51. The molecule has 0 fully saturated rings. The number of nitrogens with zero attached hydrogens (tertiary/aromatic N) is 2. The lowest BCUT2D eigenvalue weighted by atomic mass is 10.0. The molecule has 7 nitrogen and oxygen atoms in total. The Hall–Kier alpha value is -2.98. The third-order valence-electron chi connectivity index (χ3n) is 5.21. The van der Waals surface area contributed by atoms with Crippen molar-refractivity contribution in [3.63, 3.8) is 0 Å². The number of rotatable bonds is 6. The number of pyridine rings is 2. The van der Waals surface area contributed by atoms with Gasteiger partial charge in [-0.15, -0.1) is 0 Å². The third-order valence-corrected chi connectivity index (χ3v) is 7.37. The van der Waals surface area contributed by atoms with Crippen LogP contribution in [0.4, 0.5) is 15.9 Å². The maximum absolute atomic E-state index is 14.6. The zero-order chi connectivity index (χ0) is 24.6. The summed E-state index contributed by atoms with van der Waals surface area (Å²) < 4.78 is 42.9. The first-order chi connectivity index (χ1) is 16.1. The number of fused-ring (bicyclic) bond motifs is 1. The molecular formula is C23H19Cl2FN4O3S. The topological polar surface area (TPSA) is 104 Å². The first-order valence-electron chi connectivity index (χ1n) is 9.99. The molecule has 3 N–H and O–H groups in total. The number of aromatic nitrogens is 2. The van der Waals surface area contributed by atoms with Crippen molar-refractivity contribution in [3.05, 3.63) is 75.8 Å². The minimum absolute atomic E-state index is 0.0657. The summed E-state index contributed by atoms with van der Waals surface area (Å²) in [6.07, 6.45) is 1.67. The number of sulfonamides is 1. The molecule has 4 aromatic rings. The van der Waals surface area contributed by atoms with E-state index in [1.165, 1.54) is 18.2 Å². The molecule has 0 atom stereocenters. The zero-order valence-electron chi connectivity index (χ0n) is 18.0. The standard InChI is InChI=1S/C23H19Cl2FN4O3S/c1-12-17(6-14-10-28-22(27-2)9-19(14)29-12)13-3-4-18(26)20(7-13)30-34(32,33)21-8-16(24)5-15(11-31)23(21)25/h3-10,30-31H,11H2,1-2H3,(H,27,28). The molecule has 34 heavy (non-hydrogen) atoms. The highest BCUT2D eigenvalue weighted by atomic mass is 35.5. The van der Waals surface area contributed by atoms with Crippen LogP contribution in [0.25, 0.3) is 22.0 Å². The van der Waals surface area contributed by atoms with Crippen LogP contribution in [0.2, 0.25) is 10.0 Å². The SMILES string of the molecule is CNc1cc2nc(C)c(-c3ccc(F)c(NS(=O)(=O)c4cc(Cl)cc(CO)c4Cl)c3)cc2cn1. The number of anilines is 2. The fourth-order valence-electron chi connectivity index (χ4n) is 3.49. The Bertz CT molecular complexity index is 1530. The average molecular weight is 521 g/mol. The van der Waals surface area contributed by atoms with Crippen LogP contribution in [0.5, 0.6) is 0 Å². The number of halogens is 3. The summed E-state index contributed by atoms with van der Waals surface area (Å²) in [6, 6.07) is 10.2. The molecule has 2 heterocycles. The van der Waals surface area contributed by atoms with E-state index in [4.69, 9.17) is 23.2 Å². The van der Waals surface area contributed by atoms with Crippen molar-refractivity contribution in [1.29, 1.82) is 0 Å². The Kier molecular flexibility index (Phi) is 6.64. The van der Waals surface area contributed by atoms with E-state index in [-0.39, 0.29) is 26.2 Å². The summed E-state index contributed by atoms with van der Waals surface area (Å²) in [7, 11) is -2.56. The van der Waals surface area contributed by atoms with Crippen LogP contribution in [-0.4, -0.2) is 30.5 Å². The van der Waals surface area contributed by atoms with Crippen LogP contribution in [-0.2, 0) is 16.6 Å². The Morgan fingerprint density at radius 1 is 1.12 bits per heavy atom. The molecule has 0 saturated heterocycles. The number of hydrogen-bond donors (Lipinski definition) is 3. The molecule has 2 aromatic carbocycles. The highest BCUT2D eigenvalue weighted by Gasteiger charge is 2.23. The van der Waals surface area contributed by atoms with Crippen LogP contribution in [0.3, 0.4) is 0 Å². The van der Waals surface area contributed by atoms with E-state index >= 15 is 0 Å². The van der Waals surface area contributed by atoms with Crippen molar-refractivity contribution in [2.45, 2.75) is 18.4 Å². The van der Waals surface area contributed by atoms with Crippen molar-refractivity contribution in [2.24, 2.45) is 0 Å². The van der Waals surface area contributed by atoms with Crippen LogP contribution in [0.15, 0.2) is 53.6 Å². The summed E-state index contributed by atoms with van der Waals surface area (Å²) in [6.45, 7) is 1.30. The predicted octanol–water partition coefficient (Wildman–Crippen LogP) is 5.39. The summed E-state index contributed by atoms with van der Waals surface area (Å²) in [5.74, 6) is -0.103. The molecule has 0 spiro atoms. The number of nitrogens with one attached hydrogen (secondary N) is 2. The lowest BCUT2D eigenvalue weighted by Crippen LogP contribution is -2.15. The van der Waals surface area contributed by atoms with Gasteiger partial charge in [0.2, 0.25) is 0 Å². The van der Waals surface area contributed by atoms with Crippen LogP contribution in [0, 0.1) is 12.7 Å². The molecule has 176 valence electrons. The molecule has 0 aliphatic carbocycles. The number of benzene rings is 2. The lowest BCUT2D eigenvalue weighted by molar-refractivity contribution is 0.281. The zero-order valence-corrected chi connectivity index (χ0v) is 20.4. The van der Waals surface area contributed by atoms with Crippen LogP contribution in [0.1, 0.15) is 11.3 Å². The highest BCUT2D eigenvalue weighted by Crippen LogP contribution is 2.33. The second kappa shape index (κ2) is 9.34. The second-order valence-electron chi connectivity index (χ2n) is 7.47. The average Bonchev–Trinajstić information content (AvgIpc) is 2.80. The van der Waals surface area contributed by atoms with Crippen molar-refractivity contribution < 1.29 is 17.9 Å². The number of hydrogen-bond acceptors (Lipinski definition) is 6. The quantitative estimate of drug-likeness (QED) is 0.315. The van der Waals surface area contributed by atoms with Gasteiger partial charge in [-0.2, -0.15) is 0 Å². The molecule has 11 heteroatoms. The molecular weight excluding hydrogens is 502 g/mol. The van der Waals surface area contributed by atoms with Gasteiger partial charge in [0, 0.05) is 41.0 Å². The van der Waals surface area contributed by atoms with Gasteiger partial charge < -0.3 is 10.4 Å². The molecule has 0 aliphatic heterocycles. The predicted molar refractivity (Wildman–Crippen MR) is 132 cm³/mol. The van der Waals surface area contributed by atoms with Crippen molar-refractivity contribution in [2.75, 3.05) is 17.1 Å². The molecule has 0 bridgehead atoms. The Balaban J connectivity index is 1.77. The first-order valence-corrected chi connectivity index (χ1v) is 12.2.